The summed E-state index contributed by atoms with van der Waals surface area (Å²) in [5.41, 5.74) is 0. The molecule has 1 unspecified atom stereocenters. The highest BCUT2D eigenvalue weighted by Gasteiger charge is 2.16. The van der Waals surface area contributed by atoms with Gasteiger partial charge in [0.15, 0.2) is 0 Å². The Morgan fingerprint density at radius 2 is 1.56 bits per heavy atom. The number of hydrogen-bond acceptors (Lipinski definition) is 1. The van der Waals surface area contributed by atoms with Crippen molar-refractivity contribution in [2.45, 2.75) is 59.8 Å². The average Bonchev–Trinajstić information content (AvgIpc) is 2.29. The molecule has 1 heterocycles. The smallest absolute Gasteiger partial charge is 0.000438 e. The summed E-state index contributed by atoms with van der Waals surface area (Å²) < 4.78 is 0. The van der Waals surface area contributed by atoms with Crippen LogP contribution in [0.4, 0.5) is 0 Å². The first-order chi connectivity index (χ1) is 7.59. The molecular formula is C15H31N. The number of nitrogens with zero attached hydrogens (tertiary/aromatic N) is 1. The molecule has 1 fully saturated rings. The fraction of sp³-hybridized carbons (Fsp3) is 1.00. The molecule has 1 saturated heterocycles. The first-order valence-corrected chi connectivity index (χ1v) is 7.32. The highest BCUT2D eigenvalue weighted by atomic mass is 15.1. The fourth-order valence-corrected chi connectivity index (χ4v) is 2.94. The predicted octanol–water partition coefficient (Wildman–Crippen LogP) is 4.18. The van der Waals surface area contributed by atoms with Crippen LogP contribution >= 0.6 is 0 Å². The first kappa shape index (κ1) is 14.0. The van der Waals surface area contributed by atoms with Crippen LogP contribution in [0.3, 0.4) is 0 Å². The van der Waals surface area contributed by atoms with Crippen LogP contribution in [0, 0.1) is 17.8 Å². The van der Waals surface area contributed by atoms with Gasteiger partial charge >= 0.3 is 0 Å². The zero-order valence-electron chi connectivity index (χ0n) is 11.8. The standard InChI is InChI=1S/C15H31N/c1-13(2)12-16-10-6-5-8-15(14(3)4)9-7-11-16/h13-15H,5-12H2,1-4H3. The third-order valence-corrected chi connectivity index (χ3v) is 3.91. The summed E-state index contributed by atoms with van der Waals surface area (Å²) in [4.78, 5) is 2.69. The van der Waals surface area contributed by atoms with Gasteiger partial charge in [0, 0.05) is 6.54 Å². The highest BCUT2D eigenvalue weighted by molar-refractivity contribution is 4.69. The summed E-state index contributed by atoms with van der Waals surface area (Å²) >= 11 is 0. The molecule has 0 aliphatic carbocycles. The summed E-state index contributed by atoms with van der Waals surface area (Å²) in [5, 5.41) is 0. The lowest BCUT2D eigenvalue weighted by atomic mass is 9.87. The monoisotopic (exact) mass is 225 g/mol. The Bertz CT molecular complexity index is 174. The second kappa shape index (κ2) is 7.32. The highest BCUT2D eigenvalue weighted by Crippen LogP contribution is 2.25. The molecule has 0 N–H and O–H groups in total. The van der Waals surface area contributed by atoms with Crippen molar-refractivity contribution in [1.29, 1.82) is 0 Å². The maximum absolute atomic E-state index is 2.69. The quantitative estimate of drug-likeness (QED) is 0.696. The van der Waals surface area contributed by atoms with E-state index in [9.17, 15) is 0 Å². The van der Waals surface area contributed by atoms with Crippen LogP contribution in [0.2, 0.25) is 0 Å². The molecule has 1 aliphatic rings. The van der Waals surface area contributed by atoms with Crippen molar-refractivity contribution >= 4 is 0 Å². The number of hydrogen-bond donors (Lipinski definition) is 0. The van der Waals surface area contributed by atoms with E-state index in [-0.39, 0.29) is 0 Å². The molecule has 0 amide bonds. The molecule has 1 heteroatoms. The normalized spacial score (nSPS) is 25.5. The van der Waals surface area contributed by atoms with Crippen molar-refractivity contribution in [3.63, 3.8) is 0 Å². The molecule has 0 aromatic carbocycles. The Morgan fingerprint density at radius 1 is 0.938 bits per heavy atom. The van der Waals surface area contributed by atoms with Crippen molar-refractivity contribution < 1.29 is 0 Å². The SMILES string of the molecule is CC(C)CN1CCCCC(C(C)C)CCC1. The maximum atomic E-state index is 2.69. The van der Waals surface area contributed by atoms with Gasteiger partial charge in [0.05, 0.1) is 0 Å². The van der Waals surface area contributed by atoms with Crippen LogP contribution in [0.25, 0.3) is 0 Å². The third-order valence-electron chi connectivity index (χ3n) is 3.91. The molecule has 0 spiro atoms. The van der Waals surface area contributed by atoms with Gasteiger partial charge in [0.2, 0.25) is 0 Å². The Kier molecular flexibility index (Phi) is 6.41. The zero-order valence-corrected chi connectivity index (χ0v) is 11.8. The summed E-state index contributed by atoms with van der Waals surface area (Å²) in [6.45, 7) is 13.4. The second-order valence-electron chi connectivity index (χ2n) is 6.34. The lowest BCUT2D eigenvalue weighted by Crippen LogP contribution is -2.29. The summed E-state index contributed by atoms with van der Waals surface area (Å²) in [5.74, 6) is 2.69. The van der Waals surface area contributed by atoms with Crippen molar-refractivity contribution in [2.75, 3.05) is 19.6 Å². The number of rotatable bonds is 3. The van der Waals surface area contributed by atoms with Gasteiger partial charge in [0.1, 0.15) is 0 Å². The van der Waals surface area contributed by atoms with Crippen LogP contribution in [-0.2, 0) is 0 Å². The van der Waals surface area contributed by atoms with Crippen LogP contribution in [0.1, 0.15) is 59.8 Å². The van der Waals surface area contributed by atoms with E-state index < -0.39 is 0 Å². The molecule has 1 atom stereocenters. The molecule has 0 aromatic heterocycles. The van der Waals surface area contributed by atoms with Gasteiger partial charge in [-0.05, 0) is 50.1 Å². The van der Waals surface area contributed by atoms with Crippen LogP contribution in [0.15, 0.2) is 0 Å². The topological polar surface area (TPSA) is 3.24 Å². The Hall–Kier alpha value is -0.0400. The third kappa shape index (κ3) is 5.34. The molecule has 1 aliphatic heterocycles. The van der Waals surface area contributed by atoms with E-state index in [2.05, 4.69) is 32.6 Å². The summed E-state index contributed by atoms with van der Waals surface area (Å²) in [7, 11) is 0. The maximum Gasteiger partial charge on any atom is 0.000438 e. The van der Waals surface area contributed by atoms with E-state index in [1.54, 1.807) is 0 Å². The first-order valence-electron chi connectivity index (χ1n) is 7.32. The van der Waals surface area contributed by atoms with Gasteiger partial charge in [-0.1, -0.05) is 40.5 Å². The van der Waals surface area contributed by atoms with E-state index in [4.69, 9.17) is 0 Å². The molecule has 0 aromatic rings. The van der Waals surface area contributed by atoms with E-state index in [1.165, 1.54) is 51.7 Å². The minimum Gasteiger partial charge on any atom is -0.303 e. The van der Waals surface area contributed by atoms with Gasteiger partial charge in [-0.15, -0.1) is 0 Å². The van der Waals surface area contributed by atoms with Crippen LogP contribution in [-0.4, -0.2) is 24.5 Å². The second-order valence-corrected chi connectivity index (χ2v) is 6.34. The molecule has 1 rings (SSSR count). The molecule has 0 saturated carbocycles. The van der Waals surface area contributed by atoms with Gasteiger partial charge in [-0.3, -0.25) is 0 Å². The van der Waals surface area contributed by atoms with Crippen molar-refractivity contribution in [3.05, 3.63) is 0 Å². The molecule has 16 heavy (non-hydrogen) atoms. The summed E-state index contributed by atoms with van der Waals surface area (Å²) in [6, 6.07) is 0. The Balaban J connectivity index is 2.36. The minimum atomic E-state index is 0.821. The zero-order chi connectivity index (χ0) is 12.0. The summed E-state index contributed by atoms with van der Waals surface area (Å²) in [6.07, 6.45) is 7.18. The van der Waals surface area contributed by atoms with Gasteiger partial charge < -0.3 is 4.90 Å². The van der Waals surface area contributed by atoms with E-state index in [0.29, 0.717) is 0 Å². The largest absolute Gasteiger partial charge is 0.303 e. The van der Waals surface area contributed by atoms with Gasteiger partial charge in [-0.25, -0.2) is 0 Å². The van der Waals surface area contributed by atoms with Crippen LogP contribution < -0.4 is 0 Å². The lowest BCUT2D eigenvalue weighted by Gasteiger charge is -2.23. The Morgan fingerprint density at radius 3 is 2.19 bits per heavy atom. The van der Waals surface area contributed by atoms with E-state index >= 15 is 0 Å². The molecule has 0 radical (unpaired) electrons. The van der Waals surface area contributed by atoms with Crippen molar-refractivity contribution in [3.8, 4) is 0 Å². The predicted molar refractivity (Wildman–Crippen MR) is 72.7 cm³/mol. The van der Waals surface area contributed by atoms with E-state index in [1.807, 2.05) is 0 Å². The molecule has 0 bridgehead atoms. The molecular weight excluding hydrogens is 194 g/mol. The minimum absolute atomic E-state index is 0.821. The Labute approximate surface area is 103 Å². The average molecular weight is 225 g/mol. The van der Waals surface area contributed by atoms with Crippen molar-refractivity contribution in [1.82, 2.24) is 4.90 Å². The van der Waals surface area contributed by atoms with Crippen molar-refractivity contribution in [2.24, 2.45) is 17.8 Å². The molecule has 96 valence electrons. The van der Waals surface area contributed by atoms with Gasteiger partial charge in [0.25, 0.3) is 0 Å². The van der Waals surface area contributed by atoms with Crippen LogP contribution in [0.5, 0.6) is 0 Å². The fourth-order valence-electron chi connectivity index (χ4n) is 2.94. The molecule has 1 nitrogen and oxygen atoms in total. The van der Waals surface area contributed by atoms with Gasteiger partial charge in [-0.2, -0.15) is 0 Å². The van der Waals surface area contributed by atoms with E-state index in [0.717, 1.165) is 17.8 Å². The lowest BCUT2D eigenvalue weighted by molar-refractivity contribution is 0.237.